The zero-order chi connectivity index (χ0) is 13.7. The number of carbonyl (C=O) groups is 2. The van der Waals surface area contributed by atoms with E-state index in [2.05, 4.69) is 0 Å². The van der Waals surface area contributed by atoms with Crippen molar-refractivity contribution in [3.63, 3.8) is 0 Å². The fourth-order valence-electron chi connectivity index (χ4n) is 1.39. The van der Waals surface area contributed by atoms with Gasteiger partial charge in [-0.2, -0.15) is 0 Å². The van der Waals surface area contributed by atoms with Gasteiger partial charge >= 0.3 is 63.3 Å². The fourth-order valence-corrected chi connectivity index (χ4v) is 1.93. The summed E-state index contributed by atoms with van der Waals surface area (Å²) in [4.78, 5) is 23.4. The number of hydrogen-bond acceptors (Lipinski definition) is 4. The molecule has 0 aromatic heterocycles. The van der Waals surface area contributed by atoms with Gasteiger partial charge in [0.2, 0.25) is 0 Å². The van der Waals surface area contributed by atoms with Gasteiger partial charge in [-0.1, -0.05) is 24.3 Å². The molecule has 0 aliphatic rings. The van der Waals surface area contributed by atoms with Crippen molar-refractivity contribution in [3.8, 4) is 0 Å². The third-order valence-electron chi connectivity index (χ3n) is 2.30. The van der Waals surface area contributed by atoms with Crippen LogP contribution in [-0.2, 0) is 4.18 Å². The Morgan fingerprint density at radius 1 is 0.950 bits per heavy atom. The van der Waals surface area contributed by atoms with Gasteiger partial charge in [0.1, 0.15) is 0 Å². The van der Waals surface area contributed by atoms with Gasteiger partial charge in [-0.3, -0.25) is 0 Å². The Balaban J connectivity index is 0.00000200. The summed E-state index contributed by atoms with van der Waals surface area (Å²) in [5.41, 5.74) is 0.266. The average Bonchev–Trinajstić information content (AvgIpc) is 2.46. The molecule has 2 aromatic rings. The average molecular weight is 314 g/mol. The molecule has 6 heteroatoms. The van der Waals surface area contributed by atoms with Crippen molar-refractivity contribution in [1.29, 1.82) is 0 Å². The van der Waals surface area contributed by atoms with E-state index in [-0.39, 0.29) is 62.5 Å². The molecule has 0 saturated heterocycles. The zero-order valence-electron chi connectivity index (χ0n) is 9.78. The van der Waals surface area contributed by atoms with E-state index in [1.807, 2.05) is 30.3 Å². The van der Waals surface area contributed by atoms with Crippen molar-refractivity contribution in [3.05, 3.63) is 65.7 Å². The van der Waals surface area contributed by atoms with Gasteiger partial charge in [-0.15, -0.1) is 0 Å². The van der Waals surface area contributed by atoms with Crippen LogP contribution in [-0.4, -0.2) is 68.4 Å². The van der Waals surface area contributed by atoms with E-state index in [1.165, 1.54) is 24.3 Å². The summed E-state index contributed by atoms with van der Waals surface area (Å²) >= 11 is 0.941. The van der Waals surface area contributed by atoms with Crippen molar-refractivity contribution < 1.29 is 18.9 Å². The third kappa shape index (κ3) is 5.04. The molecule has 0 bridgehead atoms. The molecule has 2 aromatic carbocycles. The van der Waals surface area contributed by atoms with Gasteiger partial charge in [-0.25, -0.2) is 9.59 Å². The summed E-state index contributed by atoms with van der Waals surface area (Å²) in [6.07, 6.45) is 0. The van der Waals surface area contributed by atoms with Crippen LogP contribution in [0.1, 0.15) is 20.7 Å². The van der Waals surface area contributed by atoms with Crippen LogP contribution < -0.4 is 0 Å². The molecule has 4 nitrogen and oxygen atoms in total. The Bertz CT molecular complexity index is 601. The number of rotatable bonds is 4. The van der Waals surface area contributed by atoms with Gasteiger partial charge in [0.25, 0.3) is 0 Å². The van der Waals surface area contributed by atoms with Gasteiger partial charge in [0.05, 0.1) is 23.2 Å². The van der Waals surface area contributed by atoms with Crippen LogP contribution in [0.5, 0.6) is 0 Å². The van der Waals surface area contributed by atoms with Crippen LogP contribution >= 0.6 is 12.0 Å². The standard InChI is InChI=1S/C14H10O4S.K.H/c15-13(16)10-5-4-6-11(9-10)14(17)18-19-12-7-2-1-3-8-12;;/h1-9H,(H,15,16);;. The fraction of sp³-hybridized carbons (Fsp3) is 0. The summed E-state index contributed by atoms with van der Waals surface area (Å²) in [6.45, 7) is 0. The number of aromatic carboxylic acids is 1. The van der Waals surface area contributed by atoms with Gasteiger partial charge < -0.3 is 9.29 Å². The number of benzene rings is 2. The molecular formula is C14H11KO4S. The predicted molar refractivity (Wildman–Crippen MR) is 78.3 cm³/mol. The quantitative estimate of drug-likeness (QED) is 0.694. The number of hydrogen-bond donors (Lipinski definition) is 1. The third-order valence-corrected chi connectivity index (χ3v) is 3.00. The van der Waals surface area contributed by atoms with E-state index >= 15 is 0 Å². The van der Waals surface area contributed by atoms with Crippen LogP contribution in [0.15, 0.2) is 59.5 Å². The topological polar surface area (TPSA) is 63.6 Å². The molecule has 0 heterocycles. The van der Waals surface area contributed by atoms with E-state index < -0.39 is 11.9 Å². The summed E-state index contributed by atoms with van der Waals surface area (Å²) in [5, 5.41) is 8.84. The second kappa shape index (κ2) is 8.61. The normalized spacial score (nSPS) is 9.40. The molecule has 0 aliphatic carbocycles. The first-order valence-corrected chi connectivity index (χ1v) is 6.18. The molecule has 0 radical (unpaired) electrons. The molecule has 0 fully saturated rings. The minimum atomic E-state index is -1.08. The molecular weight excluding hydrogens is 303 g/mol. The monoisotopic (exact) mass is 314 g/mol. The molecule has 20 heavy (non-hydrogen) atoms. The first-order valence-electron chi connectivity index (χ1n) is 5.44. The van der Waals surface area contributed by atoms with Crippen molar-refractivity contribution in [2.45, 2.75) is 4.90 Å². The molecule has 98 valence electrons. The van der Waals surface area contributed by atoms with Gasteiger partial charge in [0, 0.05) is 4.90 Å². The van der Waals surface area contributed by atoms with Gasteiger partial charge in [-0.05, 0) is 30.3 Å². The first-order chi connectivity index (χ1) is 9.16. The molecule has 2 rings (SSSR count). The summed E-state index contributed by atoms with van der Waals surface area (Å²) in [5.74, 6) is -1.65. The van der Waals surface area contributed by atoms with E-state index in [4.69, 9.17) is 9.29 Å². The van der Waals surface area contributed by atoms with Crippen LogP contribution in [0.3, 0.4) is 0 Å². The first kappa shape index (κ1) is 17.4. The maximum absolute atomic E-state index is 11.8. The Hall–Kier alpha value is -0.634. The minimum absolute atomic E-state index is 0. The Morgan fingerprint density at radius 3 is 2.25 bits per heavy atom. The molecule has 0 saturated carbocycles. The van der Waals surface area contributed by atoms with Crippen molar-refractivity contribution in [2.24, 2.45) is 0 Å². The molecule has 1 N–H and O–H groups in total. The summed E-state index contributed by atoms with van der Waals surface area (Å²) in [6, 6.07) is 14.9. The molecule has 0 aliphatic heterocycles. The van der Waals surface area contributed by atoms with Crippen LogP contribution in [0.4, 0.5) is 0 Å². The number of carboxylic acids is 1. The zero-order valence-corrected chi connectivity index (χ0v) is 10.6. The second-order valence-electron chi connectivity index (χ2n) is 3.65. The SMILES string of the molecule is O=C(O)c1cccc(C(=O)OSc2ccccc2)c1.[KH]. The summed E-state index contributed by atoms with van der Waals surface area (Å²) < 4.78 is 5.03. The molecule has 0 spiro atoms. The molecule has 0 unspecified atom stereocenters. The second-order valence-corrected chi connectivity index (χ2v) is 4.46. The maximum atomic E-state index is 11.8. The Kier molecular flexibility index (Phi) is 7.50. The van der Waals surface area contributed by atoms with E-state index in [9.17, 15) is 9.59 Å². The van der Waals surface area contributed by atoms with E-state index in [1.54, 1.807) is 0 Å². The van der Waals surface area contributed by atoms with E-state index in [0.29, 0.717) is 0 Å². The van der Waals surface area contributed by atoms with Crippen LogP contribution in [0.25, 0.3) is 0 Å². The number of carbonyl (C=O) groups excluding carboxylic acids is 1. The Labute approximate surface area is 163 Å². The molecule has 0 amide bonds. The predicted octanol–water partition coefficient (Wildman–Crippen LogP) is 2.60. The Morgan fingerprint density at radius 2 is 1.60 bits per heavy atom. The van der Waals surface area contributed by atoms with Crippen molar-refractivity contribution in [2.75, 3.05) is 0 Å². The summed E-state index contributed by atoms with van der Waals surface area (Å²) in [7, 11) is 0. The molecule has 0 atom stereocenters. The number of carboxylic acid groups (broad SMARTS) is 1. The van der Waals surface area contributed by atoms with Gasteiger partial charge in [0.15, 0.2) is 0 Å². The van der Waals surface area contributed by atoms with Crippen LogP contribution in [0, 0.1) is 0 Å². The van der Waals surface area contributed by atoms with Crippen molar-refractivity contribution in [1.82, 2.24) is 0 Å². The van der Waals surface area contributed by atoms with Crippen molar-refractivity contribution >= 4 is 75.4 Å². The van der Waals surface area contributed by atoms with Crippen LogP contribution in [0.2, 0.25) is 0 Å². The van der Waals surface area contributed by atoms with E-state index in [0.717, 1.165) is 16.9 Å².